The molecule has 4 rings (SSSR count). The minimum absolute atomic E-state index is 0.00740. The van der Waals surface area contributed by atoms with Crippen molar-refractivity contribution in [3.8, 4) is 5.75 Å². The van der Waals surface area contributed by atoms with E-state index in [1.54, 1.807) is 11.0 Å². The van der Waals surface area contributed by atoms with Gasteiger partial charge in [0.15, 0.2) is 11.9 Å². The zero-order valence-corrected chi connectivity index (χ0v) is 25.3. The first-order valence-corrected chi connectivity index (χ1v) is 15.8. The van der Waals surface area contributed by atoms with Crippen molar-refractivity contribution in [1.82, 2.24) is 14.1 Å². The van der Waals surface area contributed by atoms with Gasteiger partial charge in [0, 0.05) is 44.8 Å². The van der Waals surface area contributed by atoms with E-state index in [9.17, 15) is 28.5 Å². The third-order valence-corrected chi connectivity index (χ3v) is 9.32. The highest BCUT2D eigenvalue weighted by molar-refractivity contribution is 7.89. The minimum Gasteiger partial charge on any atom is -0.493 e. The zero-order chi connectivity index (χ0) is 31.1. The van der Waals surface area contributed by atoms with Crippen molar-refractivity contribution in [2.24, 2.45) is 15.1 Å². The number of fused-ring (bicyclic) bond motifs is 1. The van der Waals surface area contributed by atoms with Crippen molar-refractivity contribution in [1.29, 1.82) is 0 Å². The average Bonchev–Trinajstić information content (AvgIpc) is 3.29. The largest absolute Gasteiger partial charge is 0.493 e. The molecule has 1 amide bonds. The zero-order valence-electron chi connectivity index (χ0n) is 24.5. The molecule has 3 aliphatic heterocycles. The van der Waals surface area contributed by atoms with E-state index in [0.29, 0.717) is 62.8 Å². The molecule has 15 nitrogen and oxygen atoms in total. The van der Waals surface area contributed by atoms with Crippen LogP contribution in [0.3, 0.4) is 0 Å². The number of amidine groups is 1. The molecule has 43 heavy (non-hydrogen) atoms. The molecule has 1 N–H and O–H groups in total. The van der Waals surface area contributed by atoms with E-state index in [1.165, 1.54) is 22.7 Å². The molecule has 1 fully saturated rings. The molecule has 234 valence electrons. The lowest BCUT2D eigenvalue weighted by Gasteiger charge is -2.33. The Morgan fingerprint density at radius 1 is 1.14 bits per heavy atom. The number of carbonyl (C=O) groups is 1. The normalized spacial score (nSPS) is 19.9. The fourth-order valence-corrected chi connectivity index (χ4v) is 6.84. The number of hydrogen-bond acceptors (Lipinski definition) is 12. The summed E-state index contributed by atoms with van der Waals surface area (Å²) in [5, 5.41) is 22.1. The number of rotatable bonds is 14. The quantitative estimate of drug-likeness (QED) is 0.140. The van der Waals surface area contributed by atoms with E-state index in [0.717, 1.165) is 12.0 Å². The predicted molar refractivity (Wildman–Crippen MR) is 158 cm³/mol. The molecule has 0 aromatic heterocycles. The van der Waals surface area contributed by atoms with Crippen LogP contribution in [0, 0.1) is 10.1 Å². The summed E-state index contributed by atoms with van der Waals surface area (Å²) in [7, 11) is -3.94. The third kappa shape index (κ3) is 6.86. The smallest absolute Gasteiger partial charge is 0.294 e. The molecule has 0 spiro atoms. The minimum atomic E-state index is -3.94. The second-order valence-corrected chi connectivity index (χ2v) is 12.1. The molecule has 1 aromatic carbocycles. The van der Waals surface area contributed by atoms with Crippen LogP contribution in [-0.2, 0) is 19.7 Å². The number of ether oxygens (including phenoxy) is 1. The monoisotopic (exact) mass is 619 g/mol. The summed E-state index contributed by atoms with van der Waals surface area (Å²) >= 11 is 0. The molecular weight excluding hydrogens is 582 g/mol. The first kappa shape index (κ1) is 32.0. The van der Waals surface area contributed by atoms with Gasteiger partial charge in [-0.1, -0.05) is 25.4 Å². The van der Waals surface area contributed by atoms with Crippen molar-refractivity contribution in [2.45, 2.75) is 51.0 Å². The lowest BCUT2D eigenvalue weighted by molar-refractivity contribution is -0.757. The first-order valence-electron chi connectivity index (χ1n) is 14.3. The Morgan fingerprint density at radius 3 is 2.51 bits per heavy atom. The van der Waals surface area contributed by atoms with E-state index in [2.05, 4.69) is 15.0 Å². The van der Waals surface area contributed by atoms with Crippen LogP contribution in [-0.4, -0.2) is 115 Å². The molecule has 0 aliphatic carbocycles. The maximum Gasteiger partial charge on any atom is 0.294 e. The fraction of sp³-hybridized carbons (Fsp3) is 0.556. The van der Waals surface area contributed by atoms with Crippen molar-refractivity contribution >= 4 is 33.7 Å². The molecule has 1 atom stereocenters. The highest BCUT2D eigenvalue weighted by Crippen LogP contribution is 2.34. The predicted octanol–water partition coefficient (Wildman–Crippen LogP) is 1.94. The lowest BCUT2D eigenvalue weighted by atomic mass is 10.00. The maximum absolute atomic E-state index is 13.7. The van der Waals surface area contributed by atoms with Crippen LogP contribution in [0.25, 0.3) is 0 Å². The van der Waals surface area contributed by atoms with Gasteiger partial charge < -0.3 is 19.7 Å². The van der Waals surface area contributed by atoms with Crippen LogP contribution < -0.4 is 4.74 Å². The lowest BCUT2D eigenvalue weighted by Crippen LogP contribution is -2.49. The highest BCUT2D eigenvalue weighted by atomic mass is 32.2. The Hall–Kier alpha value is -3.89. The number of piperazine rings is 1. The maximum atomic E-state index is 13.7. The number of oxime groups is 1. The van der Waals surface area contributed by atoms with E-state index >= 15 is 0 Å². The number of aliphatic imine (C=N–C) groups is 2. The van der Waals surface area contributed by atoms with Crippen LogP contribution >= 0.6 is 0 Å². The van der Waals surface area contributed by atoms with Gasteiger partial charge in [-0.15, -0.1) is 10.1 Å². The van der Waals surface area contributed by atoms with Gasteiger partial charge in [-0.25, -0.2) is 13.4 Å². The van der Waals surface area contributed by atoms with Crippen molar-refractivity contribution < 1.29 is 33.1 Å². The van der Waals surface area contributed by atoms with E-state index in [4.69, 9.17) is 9.73 Å². The third-order valence-electron chi connectivity index (χ3n) is 7.42. The molecule has 0 saturated carbocycles. The van der Waals surface area contributed by atoms with Crippen molar-refractivity contribution in [2.75, 3.05) is 52.5 Å². The van der Waals surface area contributed by atoms with Crippen LogP contribution in [0.5, 0.6) is 5.75 Å². The number of amides is 1. The standard InChI is InChI=1S/C27H37N7O8S/c1-4-7-20-22(18-28-36)33(6-3)25-24(20)29-26(30-27(25)35)21-17-19(8-9-23(21)41-15-5-2)43(39,40)32-12-10-31(11-13-32)14-16-42-34(37)38/h8-9,17-18,25,36H,4-7,10-16H2,1-3H3/b28-18+. The Balaban J connectivity index is 1.68. The summed E-state index contributed by atoms with van der Waals surface area (Å²) in [4.78, 5) is 41.0. The number of nitrogens with zero attached hydrogens (tertiary/aromatic N) is 7. The number of hydrogen-bond donors (Lipinski definition) is 1. The summed E-state index contributed by atoms with van der Waals surface area (Å²) in [6.45, 7) is 8.04. The summed E-state index contributed by atoms with van der Waals surface area (Å²) < 4.78 is 34.7. The number of likely N-dealkylation sites (N-methyl/N-ethyl adjacent to an activating group) is 1. The molecule has 1 saturated heterocycles. The van der Waals surface area contributed by atoms with Crippen molar-refractivity contribution in [3.63, 3.8) is 0 Å². The molecule has 16 heteroatoms. The van der Waals surface area contributed by atoms with E-state index in [-0.39, 0.29) is 36.0 Å². The van der Waals surface area contributed by atoms with Gasteiger partial charge in [-0.3, -0.25) is 9.69 Å². The van der Waals surface area contributed by atoms with Gasteiger partial charge in [0.05, 0.1) is 34.7 Å². The van der Waals surface area contributed by atoms with Gasteiger partial charge in [-0.05, 0) is 38.0 Å². The Bertz CT molecular complexity index is 1450. The van der Waals surface area contributed by atoms with Gasteiger partial charge in [0.1, 0.15) is 12.4 Å². The van der Waals surface area contributed by atoms with Gasteiger partial charge in [-0.2, -0.15) is 9.30 Å². The van der Waals surface area contributed by atoms with Gasteiger partial charge in [0.25, 0.3) is 11.0 Å². The number of sulfonamides is 1. The second kappa shape index (κ2) is 14.1. The SMILES string of the molecule is CCCOc1ccc(S(=O)(=O)N2CCN(CCO[N+](=O)[O-])CC2)cc1C1=NC(=O)C2C(=N1)C(CCC)=C(/C=N/O)N2CC. The van der Waals surface area contributed by atoms with Crippen LogP contribution in [0.15, 0.2) is 49.5 Å². The first-order chi connectivity index (χ1) is 20.7. The molecule has 0 radical (unpaired) electrons. The average molecular weight is 620 g/mol. The molecule has 0 bridgehead atoms. The molecule has 3 heterocycles. The Labute approximate surface area is 250 Å². The van der Waals surface area contributed by atoms with Crippen LogP contribution in [0.4, 0.5) is 0 Å². The summed E-state index contributed by atoms with van der Waals surface area (Å²) in [6.07, 6.45) is 3.36. The summed E-state index contributed by atoms with van der Waals surface area (Å²) in [6, 6.07) is 3.71. The van der Waals surface area contributed by atoms with Gasteiger partial charge >= 0.3 is 0 Å². The Morgan fingerprint density at radius 2 is 1.88 bits per heavy atom. The summed E-state index contributed by atoms with van der Waals surface area (Å²) in [5.41, 5.74) is 2.16. The van der Waals surface area contributed by atoms with E-state index < -0.39 is 27.1 Å². The number of carbonyl (C=O) groups excluding carboxylic acids is 1. The topological polar surface area (TPSA) is 180 Å². The van der Waals surface area contributed by atoms with Crippen molar-refractivity contribution in [3.05, 3.63) is 45.1 Å². The molecule has 1 unspecified atom stereocenters. The van der Waals surface area contributed by atoms with Crippen LogP contribution in [0.2, 0.25) is 0 Å². The molecule has 3 aliphatic rings. The van der Waals surface area contributed by atoms with E-state index in [1.807, 2.05) is 25.7 Å². The fourth-order valence-electron chi connectivity index (χ4n) is 5.40. The second-order valence-electron chi connectivity index (χ2n) is 10.1. The molecular formula is C27H37N7O8S. The Kier molecular flexibility index (Phi) is 10.5. The molecule has 1 aromatic rings. The summed E-state index contributed by atoms with van der Waals surface area (Å²) in [5.74, 6) is -0.0419. The highest BCUT2D eigenvalue weighted by Gasteiger charge is 2.43. The number of allylic oxidation sites excluding steroid dienone is 1. The van der Waals surface area contributed by atoms with Gasteiger partial charge in [0.2, 0.25) is 10.0 Å². The van der Waals surface area contributed by atoms with Crippen LogP contribution in [0.1, 0.15) is 45.6 Å². The number of benzene rings is 1.